The van der Waals surface area contributed by atoms with Gasteiger partial charge in [-0.05, 0) is 105 Å². The number of unbranched alkanes of at least 4 members (excludes halogenated alkanes) is 2. The van der Waals surface area contributed by atoms with Gasteiger partial charge in [-0.2, -0.15) is 0 Å². The number of nitrogens with zero attached hydrogens (tertiary/aromatic N) is 5. The second kappa shape index (κ2) is 50.8. The second-order valence-electron chi connectivity index (χ2n) is 34.3. The Morgan fingerprint density at radius 1 is 0.602 bits per heavy atom. The van der Waals surface area contributed by atoms with Crippen LogP contribution in [0, 0.1) is 11.3 Å². The lowest BCUT2D eigenvalue weighted by atomic mass is 9.92. The molecule has 17 amide bonds. The Bertz CT molecular complexity index is 4880. The van der Waals surface area contributed by atoms with E-state index in [9.17, 15) is 58.2 Å². The average molecular weight is 1910 g/mol. The number of hydrogen-bond donors (Lipinski definition) is 20. The molecule has 3 aromatic carbocycles. The van der Waals surface area contributed by atoms with Crippen LogP contribution in [0.3, 0.4) is 0 Å². The summed E-state index contributed by atoms with van der Waals surface area (Å²) in [4.78, 5) is 257. The second-order valence-corrected chi connectivity index (χ2v) is 36.2. The molecule has 133 heavy (non-hydrogen) atoms. The standard InChI is InChI=1S/C88H127Cl2N23O19S/c1-9-11-24-67-80(125)101-58(23-17-29-96-88(94)95)76(121)108-66(75(120)99-41-72(93)117)44-133-45-73(118)100-61(32-48-27-28-51(89)35-55(48)90)83(128)109(6)47(5)74(119)103-63(37-71(92)116)85(130)112-30-18-26-68(112)81(126)106-64(38-91)78(123)104-60(31-46(3)4)86(131)113-42-52(115)36-70(113)82(127)102-59(33-49-39-97-56-21-15-13-19-53(49)56)77(122)107-65(43-114)79(124)105-62(34-50-40-98-57-22-16-14-20-54(50)57)84(129)111(8)69(25-12-10-2)87(132)110(67)7/h13-16,19-22,27-28,35,39,46-47,50,52,58-70,97-98,114-115H,9-12,17-18,23-26,29-34,36-38,40-45,91H2,1-8H3,(H2,92,116)(H2,93,117)(H,99,120)(H,100,118)(H,101,125)(H,102,127)(H,103,119)(H,104,123)(H,105,124)(H,106,126)(H,107,122)(H,108,121)(H4,94,95,96)/t47-,50?,52+,58-,59-,60-,61-,62-,63-,64-,65-,66-,67-,68-,69-,70-/m0/s1. The number of amides is 17. The molecule has 3 saturated heterocycles. The van der Waals surface area contributed by atoms with E-state index in [2.05, 4.69) is 68.8 Å². The van der Waals surface area contributed by atoms with Gasteiger partial charge >= 0.3 is 0 Å². The zero-order valence-corrected chi connectivity index (χ0v) is 78.3. The van der Waals surface area contributed by atoms with Crippen molar-refractivity contribution in [2.24, 2.45) is 28.9 Å². The average Bonchev–Trinajstić information content (AvgIpc) is 1.74. The predicted octanol–water partition coefficient (Wildman–Crippen LogP) is -2.46. The van der Waals surface area contributed by atoms with E-state index in [0.29, 0.717) is 42.1 Å². The minimum Gasteiger partial charge on any atom is -0.394 e. The van der Waals surface area contributed by atoms with Gasteiger partial charge in [-0.15, -0.1) is 11.8 Å². The molecule has 8 rings (SSSR count). The van der Waals surface area contributed by atoms with Crippen molar-refractivity contribution in [2.45, 2.75) is 234 Å². The Labute approximate surface area is 785 Å². The maximum absolute atomic E-state index is 15.8. The van der Waals surface area contributed by atoms with E-state index in [1.807, 2.05) is 26.0 Å². The Kier molecular flexibility index (Phi) is 40.6. The Balaban J connectivity index is 1.19. The van der Waals surface area contributed by atoms with Gasteiger partial charge in [0, 0.05) is 118 Å². The van der Waals surface area contributed by atoms with Crippen LogP contribution in [0.15, 0.2) is 72.9 Å². The number of H-pyrrole nitrogens is 1. The van der Waals surface area contributed by atoms with E-state index < -0.39 is 247 Å². The molecule has 0 aliphatic carbocycles. The first kappa shape index (κ1) is 106. The molecule has 4 aliphatic heterocycles. The Hall–Kier alpha value is -11.9. The van der Waals surface area contributed by atoms with Crippen LogP contribution < -0.4 is 86.7 Å². The number of anilines is 1. The molecule has 24 N–H and O–H groups in total. The SMILES string of the molecule is CCCC[C@H]1C(=O)N(C)[C@@H](CCCC)C(=O)N[C@@H](CCCNC(=N)N)C(=O)N[C@H](C(=O)NCC(N)=O)CSCC(=O)N[C@@H](Cc2ccc(Cl)cc2Cl)C(=O)N(C)[C@@H](C)C(=O)N[C@@H](CC(N)=O)C(=O)N2CCC[C@H]2C(=O)N[C@@H](CN)C(=O)N[C@@H](CC(C)C)C(=O)N2C[C@H](O)C[C@H]2C(=O)N[C@@H](Cc2c[nH]c3ccccc23)C(=O)N[C@@H](CO)C(=O)N[C@@H](CC2CNc3ccccc32)C(=O)N1C. The molecule has 1 aromatic heterocycles. The van der Waals surface area contributed by atoms with Gasteiger partial charge < -0.3 is 126 Å². The normalized spacial score (nSPS) is 25.8. The molecule has 45 heteroatoms. The third-order valence-electron chi connectivity index (χ3n) is 24.0. The van der Waals surface area contributed by atoms with Crippen LogP contribution >= 0.6 is 35.0 Å². The van der Waals surface area contributed by atoms with Crippen LogP contribution in [0.2, 0.25) is 10.0 Å². The highest BCUT2D eigenvalue weighted by atomic mass is 35.5. The summed E-state index contributed by atoms with van der Waals surface area (Å²) < 4.78 is 0. The Morgan fingerprint density at radius 3 is 1.86 bits per heavy atom. The number of nitrogens with one attached hydrogen (secondary N) is 14. The molecule has 0 saturated carbocycles. The third-order valence-corrected chi connectivity index (χ3v) is 25.6. The summed E-state index contributed by atoms with van der Waals surface area (Å²) in [6.07, 6.45) is -0.229. The summed E-state index contributed by atoms with van der Waals surface area (Å²) in [6, 6.07) is -3.28. The summed E-state index contributed by atoms with van der Waals surface area (Å²) in [5.74, 6) is -18.5. The highest BCUT2D eigenvalue weighted by molar-refractivity contribution is 8.00. The van der Waals surface area contributed by atoms with Crippen LogP contribution in [0.5, 0.6) is 0 Å². The smallest absolute Gasteiger partial charge is 0.246 e. The van der Waals surface area contributed by atoms with Crippen molar-refractivity contribution in [2.75, 3.05) is 83.8 Å². The largest absolute Gasteiger partial charge is 0.394 e. The number of rotatable bonds is 25. The number of para-hydroxylation sites is 2. The van der Waals surface area contributed by atoms with Crippen molar-refractivity contribution in [1.29, 1.82) is 5.41 Å². The van der Waals surface area contributed by atoms with E-state index in [0.717, 1.165) is 47.5 Å². The molecule has 0 bridgehead atoms. The molecule has 5 heterocycles. The molecule has 4 aromatic rings. The van der Waals surface area contributed by atoms with Gasteiger partial charge in [0.15, 0.2) is 5.96 Å². The molecule has 728 valence electrons. The molecular formula is C88H127Cl2N23O19S. The molecule has 42 nitrogen and oxygen atoms in total. The number of thioether (sulfide) groups is 1. The molecule has 3 fully saturated rings. The number of aliphatic hydroxyl groups excluding tert-OH is 2. The number of nitrogens with two attached hydrogens (primary N) is 4. The van der Waals surface area contributed by atoms with Gasteiger partial charge in [0.05, 0.1) is 31.4 Å². The number of benzene rings is 3. The fraction of sp³-hybridized carbons (Fsp3) is 0.568. The van der Waals surface area contributed by atoms with Crippen molar-refractivity contribution in [3.05, 3.63) is 99.7 Å². The number of halogens is 2. The maximum atomic E-state index is 15.8. The number of carbonyl (C=O) groups excluding carboxylic acids is 17. The van der Waals surface area contributed by atoms with Crippen LogP contribution in [0.25, 0.3) is 10.9 Å². The zero-order chi connectivity index (χ0) is 97.8. The van der Waals surface area contributed by atoms with E-state index in [4.69, 9.17) is 51.5 Å². The van der Waals surface area contributed by atoms with E-state index >= 15 is 33.6 Å². The minimum absolute atomic E-state index is 0.00144. The number of aromatic amines is 1. The summed E-state index contributed by atoms with van der Waals surface area (Å²) in [6.45, 7) is 5.68. The number of hydrogen-bond acceptors (Lipinski definition) is 23. The van der Waals surface area contributed by atoms with Gasteiger partial charge in [-0.25, -0.2) is 0 Å². The number of aliphatic hydroxyl groups is 2. The summed E-state index contributed by atoms with van der Waals surface area (Å²) in [7, 11) is 3.91. The molecule has 0 radical (unpaired) electrons. The van der Waals surface area contributed by atoms with Crippen molar-refractivity contribution < 1.29 is 91.7 Å². The summed E-state index contributed by atoms with van der Waals surface area (Å²) in [5, 5.41) is 63.4. The van der Waals surface area contributed by atoms with Gasteiger partial charge in [-0.3, -0.25) is 86.9 Å². The molecule has 16 atom stereocenters. The summed E-state index contributed by atoms with van der Waals surface area (Å²) in [5.41, 5.74) is 25.9. The lowest BCUT2D eigenvalue weighted by Crippen LogP contribution is -2.62. The van der Waals surface area contributed by atoms with Gasteiger partial charge in [0.2, 0.25) is 100 Å². The number of primary amides is 2. The van der Waals surface area contributed by atoms with E-state index in [-0.39, 0.29) is 112 Å². The first-order chi connectivity index (χ1) is 63.2. The molecule has 1 unspecified atom stereocenters. The fourth-order valence-corrected chi connectivity index (χ4v) is 17.9. The van der Waals surface area contributed by atoms with Crippen molar-refractivity contribution in [1.82, 2.24) is 88.0 Å². The first-order valence-corrected chi connectivity index (χ1v) is 46.5. The third kappa shape index (κ3) is 29.8. The Morgan fingerprint density at radius 2 is 1.20 bits per heavy atom. The predicted molar refractivity (Wildman–Crippen MR) is 495 cm³/mol. The topological polar surface area (TPSA) is 635 Å². The van der Waals surface area contributed by atoms with Gasteiger partial charge in [0.1, 0.15) is 84.6 Å². The summed E-state index contributed by atoms with van der Waals surface area (Å²) >= 11 is 13.7. The van der Waals surface area contributed by atoms with Crippen LogP contribution in [-0.2, 0) is 94.3 Å². The van der Waals surface area contributed by atoms with Crippen molar-refractivity contribution in [3.63, 3.8) is 0 Å². The maximum Gasteiger partial charge on any atom is 0.246 e. The fourth-order valence-electron chi connectivity index (χ4n) is 16.6. The van der Waals surface area contributed by atoms with Crippen molar-refractivity contribution in [3.8, 4) is 0 Å². The number of carbonyl (C=O) groups is 17. The lowest BCUT2D eigenvalue weighted by molar-refractivity contribution is -0.149. The number of guanidine groups is 1. The van der Waals surface area contributed by atoms with Gasteiger partial charge in [0.25, 0.3) is 0 Å². The minimum atomic E-state index is -1.87. The number of likely N-dealkylation sites (N-methyl/N-ethyl adjacent to an activating group) is 3. The number of aromatic nitrogens is 1. The van der Waals surface area contributed by atoms with Gasteiger partial charge in [-0.1, -0.05) is 119 Å². The molecule has 4 aliphatic rings. The zero-order valence-electron chi connectivity index (χ0n) is 76.0. The molecule has 0 spiro atoms. The van der Waals surface area contributed by atoms with E-state index in [1.54, 1.807) is 56.4 Å². The quantitative estimate of drug-likeness (QED) is 0.0186. The van der Waals surface area contributed by atoms with Crippen molar-refractivity contribution >= 4 is 158 Å². The highest BCUT2D eigenvalue weighted by Gasteiger charge is 2.47. The van der Waals surface area contributed by atoms with E-state index in [1.165, 1.54) is 46.3 Å². The lowest BCUT2D eigenvalue weighted by Gasteiger charge is -2.37. The van der Waals surface area contributed by atoms with Crippen LogP contribution in [0.4, 0.5) is 5.69 Å². The van der Waals surface area contributed by atoms with Crippen LogP contribution in [-0.4, -0.2) is 315 Å². The van der Waals surface area contributed by atoms with Crippen LogP contribution in [0.1, 0.15) is 147 Å². The number of fused-ring (bicyclic) bond motifs is 4. The first-order valence-electron chi connectivity index (χ1n) is 44.6. The monoisotopic (exact) mass is 1910 g/mol. The molecular weight excluding hydrogens is 1790 g/mol. The highest BCUT2D eigenvalue weighted by Crippen LogP contribution is 2.35.